The van der Waals surface area contributed by atoms with E-state index in [1.54, 1.807) is 73.5 Å². The summed E-state index contributed by atoms with van der Waals surface area (Å²) < 4.78 is 27.0. The maximum atomic E-state index is 12.5. The molecule has 0 aliphatic carbocycles. The standard InChI is InChI=1S/C25H31NO6/c1-15-11-20(29-6)22(31-8)13-17(15)24(18(26)14-23(27)32-25(2,3)4)16-9-10-19(28-5)21(12-16)30-7/h9-14H,1,26H2,2-8H3/b18-14-,24-17-. The molecule has 2 aromatic rings. The normalized spacial score (nSPS) is 12.7. The van der Waals surface area contributed by atoms with E-state index in [0.717, 1.165) is 0 Å². The number of hydrogen-bond donors (Lipinski definition) is 1. The monoisotopic (exact) mass is 441 g/mol. The number of methoxy groups -OCH3 is 4. The van der Waals surface area contributed by atoms with Gasteiger partial charge in [0.05, 0.1) is 28.4 Å². The predicted molar refractivity (Wildman–Crippen MR) is 124 cm³/mol. The minimum atomic E-state index is -0.655. The maximum absolute atomic E-state index is 12.5. The van der Waals surface area contributed by atoms with Crippen LogP contribution in [0.2, 0.25) is 0 Å². The van der Waals surface area contributed by atoms with E-state index in [1.807, 2.05) is 6.07 Å². The molecule has 0 fully saturated rings. The van der Waals surface area contributed by atoms with Gasteiger partial charge in [0.15, 0.2) is 23.0 Å². The summed E-state index contributed by atoms with van der Waals surface area (Å²) in [6, 6.07) is 8.87. The lowest BCUT2D eigenvalue weighted by Gasteiger charge is -2.19. The second-order valence-electron chi connectivity index (χ2n) is 7.94. The molecular formula is C25H31NO6. The molecule has 2 aromatic carbocycles. The number of nitrogens with two attached hydrogens (primary N) is 1. The van der Waals surface area contributed by atoms with Crippen molar-refractivity contribution in [3.63, 3.8) is 0 Å². The van der Waals surface area contributed by atoms with E-state index in [9.17, 15) is 4.79 Å². The number of benzene rings is 2. The van der Waals surface area contributed by atoms with Gasteiger partial charge in [-0.25, -0.2) is 4.79 Å². The van der Waals surface area contributed by atoms with Gasteiger partial charge in [0.1, 0.15) is 5.60 Å². The van der Waals surface area contributed by atoms with Crippen LogP contribution in [0.5, 0.6) is 23.0 Å². The minimum Gasteiger partial charge on any atom is -0.493 e. The average Bonchev–Trinajstić information content (AvgIpc) is 2.72. The average molecular weight is 442 g/mol. The highest BCUT2D eigenvalue weighted by molar-refractivity contribution is 5.90. The number of allylic oxidation sites excluding steroid dienone is 1. The predicted octanol–water partition coefficient (Wildman–Crippen LogP) is 2.51. The molecule has 2 rings (SSSR count). The Morgan fingerprint density at radius 1 is 0.875 bits per heavy atom. The van der Waals surface area contributed by atoms with Crippen molar-refractivity contribution in [2.75, 3.05) is 28.4 Å². The van der Waals surface area contributed by atoms with E-state index >= 15 is 0 Å². The second kappa shape index (κ2) is 10.1. The molecule has 7 heteroatoms. The van der Waals surface area contributed by atoms with Crippen LogP contribution in [0, 0.1) is 0 Å². The Bertz CT molecular complexity index is 1130. The first-order chi connectivity index (χ1) is 15.0. The summed E-state index contributed by atoms with van der Waals surface area (Å²) in [6.45, 7) is 9.50. The van der Waals surface area contributed by atoms with Crippen molar-refractivity contribution in [1.29, 1.82) is 0 Å². The Morgan fingerprint density at radius 3 is 1.94 bits per heavy atom. The summed E-state index contributed by atoms with van der Waals surface area (Å²) in [4.78, 5) is 12.5. The molecule has 0 unspecified atom stereocenters. The molecule has 0 radical (unpaired) electrons. The molecule has 0 aliphatic heterocycles. The van der Waals surface area contributed by atoms with Crippen molar-refractivity contribution in [2.45, 2.75) is 26.4 Å². The molecule has 0 aromatic heterocycles. The molecular weight excluding hydrogens is 410 g/mol. The summed E-state index contributed by atoms with van der Waals surface area (Å²) in [7, 11) is 6.19. The molecule has 172 valence electrons. The molecule has 0 amide bonds. The summed E-state index contributed by atoms with van der Waals surface area (Å²) in [6.07, 6.45) is 1.26. The molecule has 0 saturated carbocycles. The van der Waals surface area contributed by atoms with Gasteiger partial charge in [0.2, 0.25) is 0 Å². The zero-order valence-electron chi connectivity index (χ0n) is 19.7. The van der Waals surface area contributed by atoms with Gasteiger partial charge in [0, 0.05) is 17.3 Å². The van der Waals surface area contributed by atoms with E-state index in [2.05, 4.69) is 6.58 Å². The van der Waals surface area contributed by atoms with E-state index in [-0.39, 0.29) is 5.70 Å². The first kappa shape index (κ1) is 24.7. The van der Waals surface area contributed by atoms with Gasteiger partial charge in [0.25, 0.3) is 0 Å². The minimum absolute atomic E-state index is 0.198. The highest BCUT2D eigenvalue weighted by Gasteiger charge is 2.18. The lowest BCUT2D eigenvalue weighted by atomic mass is 9.98. The third-order valence-corrected chi connectivity index (χ3v) is 4.52. The van der Waals surface area contributed by atoms with Crippen LogP contribution >= 0.6 is 0 Å². The van der Waals surface area contributed by atoms with Crippen LogP contribution in [0.3, 0.4) is 0 Å². The zero-order chi connectivity index (χ0) is 24.1. The van der Waals surface area contributed by atoms with Crippen LogP contribution in [-0.2, 0) is 9.53 Å². The van der Waals surface area contributed by atoms with Crippen LogP contribution in [0.1, 0.15) is 26.3 Å². The lowest BCUT2D eigenvalue weighted by Crippen LogP contribution is -2.29. The molecule has 7 nitrogen and oxygen atoms in total. The number of esters is 1. The number of carbonyl (C=O) groups excluding carboxylic acids is 1. The van der Waals surface area contributed by atoms with Gasteiger partial charge in [-0.2, -0.15) is 0 Å². The Kier molecular flexibility index (Phi) is 7.81. The van der Waals surface area contributed by atoms with Crippen LogP contribution in [0.15, 0.2) is 42.1 Å². The van der Waals surface area contributed by atoms with Crippen molar-refractivity contribution < 1.29 is 28.5 Å². The van der Waals surface area contributed by atoms with Crippen molar-refractivity contribution in [1.82, 2.24) is 0 Å². The number of hydrogen-bond acceptors (Lipinski definition) is 7. The second-order valence-corrected chi connectivity index (χ2v) is 7.94. The molecule has 0 bridgehead atoms. The molecule has 0 heterocycles. The SMILES string of the molecule is C=c1cc(OC)c(OC)c/c1=C(/C(N)=C/C(=O)OC(C)(C)C)c1ccc(OC)c(OC)c1. The Labute approximate surface area is 188 Å². The quantitative estimate of drug-likeness (QED) is 0.522. The highest BCUT2D eigenvalue weighted by atomic mass is 16.6. The van der Waals surface area contributed by atoms with Crippen LogP contribution in [-0.4, -0.2) is 40.0 Å². The molecule has 0 atom stereocenters. The van der Waals surface area contributed by atoms with Gasteiger partial charge in [-0.15, -0.1) is 0 Å². The van der Waals surface area contributed by atoms with Crippen LogP contribution in [0.4, 0.5) is 0 Å². The first-order valence-electron chi connectivity index (χ1n) is 9.92. The third kappa shape index (κ3) is 5.75. The molecule has 2 N–H and O–H groups in total. The zero-order valence-corrected chi connectivity index (χ0v) is 19.7. The molecule has 0 spiro atoms. The number of rotatable bonds is 7. The summed E-state index contributed by atoms with van der Waals surface area (Å²) in [5, 5.41) is 1.29. The number of carbonyl (C=O) groups is 1. The molecule has 32 heavy (non-hydrogen) atoms. The number of ether oxygens (including phenoxy) is 5. The fourth-order valence-corrected chi connectivity index (χ4v) is 3.15. The van der Waals surface area contributed by atoms with Crippen LogP contribution in [0.25, 0.3) is 12.2 Å². The van der Waals surface area contributed by atoms with Gasteiger partial charge >= 0.3 is 5.97 Å². The Balaban J connectivity index is 2.87. The summed E-state index contributed by atoms with van der Waals surface area (Å²) in [5.41, 5.74) is 7.24. The van der Waals surface area contributed by atoms with Gasteiger partial charge in [-0.05, 0) is 61.0 Å². The fourth-order valence-electron chi connectivity index (χ4n) is 3.15. The van der Waals surface area contributed by atoms with Crippen molar-refractivity contribution >= 4 is 18.1 Å². The van der Waals surface area contributed by atoms with Gasteiger partial charge in [-0.3, -0.25) is 0 Å². The molecule has 0 saturated heterocycles. The Hall–Kier alpha value is -3.61. The maximum Gasteiger partial charge on any atom is 0.333 e. The van der Waals surface area contributed by atoms with Crippen molar-refractivity contribution in [2.24, 2.45) is 5.73 Å². The third-order valence-electron chi connectivity index (χ3n) is 4.52. The molecule has 0 aliphatic rings. The summed E-state index contributed by atoms with van der Waals surface area (Å²) >= 11 is 0. The van der Waals surface area contributed by atoms with Gasteiger partial charge < -0.3 is 29.4 Å². The van der Waals surface area contributed by atoms with E-state index in [4.69, 9.17) is 29.4 Å². The smallest absolute Gasteiger partial charge is 0.333 e. The fraction of sp³-hybridized carbons (Fsp3) is 0.320. The van der Waals surface area contributed by atoms with Crippen molar-refractivity contribution in [3.8, 4) is 23.0 Å². The lowest BCUT2D eigenvalue weighted by molar-refractivity contribution is -0.148. The van der Waals surface area contributed by atoms with E-state index < -0.39 is 11.6 Å². The largest absolute Gasteiger partial charge is 0.493 e. The summed E-state index contributed by atoms with van der Waals surface area (Å²) in [5.74, 6) is 1.55. The van der Waals surface area contributed by atoms with Crippen LogP contribution < -0.4 is 35.1 Å². The van der Waals surface area contributed by atoms with Crippen molar-refractivity contribution in [3.05, 3.63) is 58.1 Å². The van der Waals surface area contributed by atoms with E-state index in [0.29, 0.717) is 44.6 Å². The highest BCUT2D eigenvalue weighted by Crippen LogP contribution is 2.31. The topological polar surface area (TPSA) is 89.2 Å². The van der Waals surface area contributed by atoms with E-state index in [1.165, 1.54) is 6.08 Å². The van der Waals surface area contributed by atoms with Gasteiger partial charge in [-0.1, -0.05) is 12.6 Å². The first-order valence-corrected chi connectivity index (χ1v) is 9.92. The Morgan fingerprint density at radius 2 is 1.41 bits per heavy atom.